The lowest BCUT2D eigenvalue weighted by Crippen LogP contribution is -2.63. The van der Waals surface area contributed by atoms with Gasteiger partial charge in [0.05, 0.1) is 23.9 Å². The van der Waals surface area contributed by atoms with Crippen LogP contribution in [0.1, 0.15) is 156 Å². The average molecular weight is 1230 g/mol. The molecule has 12 atom stereocenters. The lowest BCUT2D eigenvalue weighted by atomic mass is 9.91. The molecule has 87 heavy (non-hydrogen) atoms. The number of aliphatic hydroxyl groups is 3. The van der Waals surface area contributed by atoms with Crippen molar-refractivity contribution in [3.05, 3.63) is 12.2 Å². The molecule has 1 aliphatic rings. The molecule has 0 aromatic carbocycles. The Morgan fingerprint density at radius 2 is 0.931 bits per heavy atom. The molecule has 1 aliphatic heterocycles. The summed E-state index contributed by atoms with van der Waals surface area (Å²) in [6.07, 6.45) is 1.80. The first-order chi connectivity index (χ1) is 39.8. The number of likely N-dealkylation sites (N-methyl/N-ethyl adjacent to an activating group) is 7. The molecule has 1 rings (SSSR count). The molecule has 498 valence electrons. The van der Waals surface area contributed by atoms with Gasteiger partial charge >= 0.3 is 0 Å². The van der Waals surface area contributed by atoms with Crippen molar-refractivity contribution in [1.29, 1.82) is 0 Å². The van der Waals surface area contributed by atoms with Crippen molar-refractivity contribution in [2.45, 2.75) is 234 Å². The first-order valence-corrected chi connectivity index (χ1v) is 30.6. The Balaban J connectivity index is 4.38. The Kier molecular flexibility index (Phi) is 30.8. The van der Waals surface area contributed by atoms with Gasteiger partial charge in [-0.1, -0.05) is 81.4 Å². The zero-order chi connectivity index (χ0) is 67.8. The van der Waals surface area contributed by atoms with Gasteiger partial charge in [0, 0.05) is 62.2 Å². The van der Waals surface area contributed by atoms with Gasteiger partial charge in [0.15, 0.2) is 0 Å². The summed E-state index contributed by atoms with van der Waals surface area (Å²) in [6, 6.07) is -13.6. The summed E-state index contributed by atoms with van der Waals surface area (Å²) in [7, 11) is 9.46. The van der Waals surface area contributed by atoms with Gasteiger partial charge in [0.2, 0.25) is 65.0 Å². The maximum absolute atomic E-state index is 15.1. The van der Waals surface area contributed by atoms with E-state index < -0.39 is 167 Å². The van der Waals surface area contributed by atoms with Crippen LogP contribution >= 0.6 is 0 Å². The van der Waals surface area contributed by atoms with Crippen molar-refractivity contribution in [3.63, 3.8) is 0 Å². The molecule has 25 nitrogen and oxygen atoms in total. The Morgan fingerprint density at radius 3 is 1.37 bits per heavy atom. The molecule has 11 amide bonds. The van der Waals surface area contributed by atoms with Crippen LogP contribution in [0.4, 0.5) is 0 Å². The molecule has 1 fully saturated rings. The molecule has 0 spiro atoms. The first-order valence-electron chi connectivity index (χ1n) is 30.6. The SMILES string of the molecule is CC=CCC(C)C(O)C1C(=O)NC(CC)C(=O)N(C)CC(=O)N(C)C(CC(C)(C)O)C(=O)NC(C(C)C)C(=O)N(C)C(CC(C)(C)O)C(=O)NC(C)C(=O)NC(C)C(=O)N(C)C(CC(C)C)C(=O)N(C)C(CC(C)C)C(=O)N(C)C(C(C)C)C(=O)N1C. The van der Waals surface area contributed by atoms with E-state index >= 15 is 9.59 Å². The Labute approximate surface area is 518 Å². The fourth-order valence-corrected chi connectivity index (χ4v) is 10.7. The fourth-order valence-electron chi connectivity index (χ4n) is 10.7. The van der Waals surface area contributed by atoms with E-state index in [-0.39, 0.29) is 50.4 Å². The summed E-state index contributed by atoms with van der Waals surface area (Å²) in [6.45, 7) is 26.9. The van der Waals surface area contributed by atoms with Crippen LogP contribution in [0.5, 0.6) is 0 Å². The minimum Gasteiger partial charge on any atom is -0.390 e. The molecule has 0 aromatic rings. The summed E-state index contributed by atoms with van der Waals surface area (Å²) in [5, 5.41) is 44.9. The van der Waals surface area contributed by atoms with Crippen molar-refractivity contribution in [2.24, 2.45) is 29.6 Å². The predicted molar refractivity (Wildman–Crippen MR) is 331 cm³/mol. The molecular formula is C62H111N11O14. The van der Waals surface area contributed by atoms with Crippen LogP contribution < -0.4 is 21.3 Å². The second kappa shape index (κ2) is 33.9. The summed E-state index contributed by atoms with van der Waals surface area (Å²) in [4.78, 5) is 168. The van der Waals surface area contributed by atoms with Crippen molar-refractivity contribution >= 4 is 65.0 Å². The van der Waals surface area contributed by atoms with Crippen LogP contribution in [-0.4, -0.2) is 248 Å². The van der Waals surface area contributed by atoms with Gasteiger partial charge in [-0.2, -0.15) is 0 Å². The van der Waals surface area contributed by atoms with Gasteiger partial charge in [-0.3, -0.25) is 52.7 Å². The third-order valence-electron chi connectivity index (χ3n) is 16.1. The van der Waals surface area contributed by atoms with E-state index in [1.54, 1.807) is 60.6 Å². The smallest absolute Gasteiger partial charge is 0.246 e. The number of hydrogen-bond donors (Lipinski definition) is 7. The zero-order valence-electron chi connectivity index (χ0n) is 56.8. The van der Waals surface area contributed by atoms with Crippen LogP contribution in [0.25, 0.3) is 0 Å². The molecule has 1 heterocycles. The van der Waals surface area contributed by atoms with Crippen LogP contribution in [0, 0.1) is 29.6 Å². The summed E-state index contributed by atoms with van der Waals surface area (Å²) >= 11 is 0. The second-order valence-corrected chi connectivity index (χ2v) is 26.9. The molecule has 0 aromatic heterocycles. The highest BCUT2D eigenvalue weighted by atomic mass is 16.3. The monoisotopic (exact) mass is 1230 g/mol. The minimum absolute atomic E-state index is 0.0287. The first kappa shape index (κ1) is 78.8. The van der Waals surface area contributed by atoms with E-state index in [1.165, 1.54) is 106 Å². The third kappa shape index (κ3) is 22.7. The van der Waals surface area contributed by atoms with E-state index in [0.717, 1.165) is 19.6 Å². The maximum Gasteiger partial charge on any atom is 0.246 e. The van der Waals surface area contributed by atoms with Crippen LogP contribution in [0.2, 0.25) is 0 Å². The predicted octanol–water partition coefficient (Wildman–Crippen LogP) is 1.50. The molecule has 0 radical (unpaired) electrons. The summed E-state index contributed by atoms with van der Waals surface area (Å²) in [5.41, 5.74) is -3.16. The Morgan fingerprint density at radius 1 is 0.506 bits per heavy atom. The molecule has 0 saturated carbocycles. The summed E-state index contributed by atoms with van der Waals surface area (Å²) in [5.74, 6) is -10.8. The average Bonchev–Trinajstić information content (AvgIpc) is 1.18. The van der Waals surface area contributed by atoms with E-state index in [2.05, 4.69) is 21.3 Å². The molecule has 25 heteroatoms. The molecule has 7 N–H and O–H groups in total. The van der Waals surface area contributed by atoms with Crippen molar-refractivity contribution in [2.75, 3.05) is 55.9 Å². The second-order valence-electron chi connectivity index (χ2n) is 26.9. The van der Waals surface area contributed by atoms with Crippen molar-refractivity contribution in [3.8, 4) is 0 Å². The maximum atomic E-state index is 15.1. The zero-order valence-corrected chi connectivity index (χ0v) is 56.8. The Bertz CT molecular complexity index is 2420. The fraction of sp³-hybridized carbons (Fsp3) is 0.790. The standard InChI is InChI=1S/C62H111N11O14/c1-25-27-28-38(11)50(75)49-54(79)65-41(26-2)56(81)67(18)33-46(74)68(19)44(31-61(14,15)86)53(78)66-47(36(7)8)59(84)71(22)45(32-62(16,17)87)52(77)63-39(12)51(76)64-40(13)55(80)69(20)42(29-34(3)4)57(82)70(21)43(30-35(5)6)58(83)72(23)48(37(9)10)60(85)73(49)24/h25,27,34-45,47-50,75,86-87H,26,28-33H2,1-24H3,(H,63,77)(H,64,76)(H,65,79)(H,66,78). The normalized spacial score (nSPS) is 26.8. The number of aliphatic hydroxyl groups excluding tert-OH is 1. The lowest BCUT2D eigenvalue weighted by molar-refractivity contribution is -0.157. The molecule has 1 saturated heterocycles. The van der Waals surface area contributed by atoms with Crippen molar-refractivity contribution in [1.82, 2.24) is 55.6 Å². The number of carbonyl (C=O) groups excluding carboxylic acids is 11. The van der Waals surface area contributed by atoms with E-state index in [0.29, 0.717) is 0 Å². The third-order valence-corrected chi connectivity index (χ3v) is 16.1. The number of nitrogens with one attached hydrogen (secondary N) is 4. The summed E-state index contributed by atoms with van der Waals surface area (Å²) < 4.78 is 0. The quantitative estimate of drug-likeness (QED) is 0.114. The van der Waals surface area contributed by atoms with Crippen LogP contribution in [0.3, 0.4) is 0 Å². The highest BCUT2D eigenvalue weighted by Crippen LogP contribution is 2.26. The van der Waals surface area contributed by atoms with E-state index in [4.69, 9.17) is 0 Å². The topological polar surface area (TPSA) is 319 Å². The van der Waals surface area contributed by atoms with Gasteiger partial charge in [-0.15, -0.1) is 0 Å². The molecule has 0 bridgehead atoms. The number of amides is 11. The lowest BCUT2D eigenvalue weighted by Gasteiger charge is -2.41. The number of nitrogens with zero attached hydrogens (tertiary/aromatic N) is 7. The number of hydrogen-bond acceptors (Lipinski definition) is 14. The van der Waals surface area contributed by atoms with Gasteiger partial charge in [-0.05, 0) is 104 Å². The molecule has 12 unspecified atom stereocenters. The minimum atomic E-state index is -1.65. The highest BCUT2D eigenvalue weighted by molar-refractivity contribution is 5.99. The van der Waals surface area contributed by atoms with Gasteiger partial charge < -0.3 is 70.9 Å². The number of rotatable bonds is 15. The van der Waals surface area contributed by atoms with E-state index in [9.17, 15) is 58.5 Å². The largest absolute Gasteiger partial charge is 0.390 e. The molecular weight excluding hydrogens is 1120 g/mol. The van der Waals surface area contributed by atoms with Gasteiger partial charge in [-0.25, -0.2) is 0 Å². The molecule has 0 aliphatic carbocycles. The van der Waals surface area contributed by atoms with Crippen LogP contribution in [0.15, 0.2) is 12.2 Å². The van der Waals surface area contributed by atoms with Crippen LogP contribution in [-0.2, 0) is 52.7 Å². The number of allylic oxidation sites excluding steroid dienone is 2. The van der Waals surface area contributed by atoms with Gasteiger partial charge in [0.1, 0.15) is 60.4 Å². The highest BCUT2D eigenvalue weighted by Gasteiger charge is 2.46. The Hall–Kier alpha value is -6.21. The number of carbonyl (C=O) groups is 11. The van der Waals surface area contributed by atoms with E-state index in [1.807, 2.05) is 27.7 Å². The van der Waals surface area contributed by atoms with Gasteiger partial charge in [0.25, 0.3) is 0 Å². The van der Waals surface area contributed by atoms with Crippen molar-refractivity contribution < 1.29 is 68.1 Å².